The van der Waals surface area contributed by atoms with Crippen molar-refractivity contribution in [3.8, 4) is 16.6 Å². The molecular formula is C47H58FN7O8S2. The number of imidazole rings is 1. The fraction of sp³-hybridized carbons (Fsp3) is 0.532. The van der Waals surface area contributed by atoms with E-state index in [1.807, 2.05) is 54.1 Å². The van der Waals surface area contributed by atoms with Crippen LogP contribution in [-0.2, 0) is 35.6 Å². The van der Waals surface area contributed by atoms with E-state index in [9.17, 15) is 32.0 Å². The molecular weight excluding hydrogens is 874 g/mol. The number of ether oxygens (including phenoxy) is 2. The third kappa shape index (κ3) is 9.79. The fourth-order valence-corrected chi connectivity index (χ4v) is 10.9. The van der Waals surface area contributed by atoms with E-state index < -0.39 is 73.8 Å². The van der Waals surface area contributed by atoms with Crippen molar-refractivity contribution in [2.45, 2.75) is 146 Å². The Labute approximate surface area is 383 Å². The van der Waals surface area contributed by atoms with Crippen molar-refractivity contribution in [2.75, 3.05) is 6.54 Å². The molecule has 0 radical (unpaired) electrons. The lowest BCUT2D eigenvalue weighted by Gasteiger charge is -2.30. The van der Waals surface area contributed by atoms with Crippen molar-refractivity contribution in [2.24, 2.45) is 5.92 Å². The lowest BCUT2D eigenvalue weighted by atomic mass is 10.0. The molecule has 2 aromatic heterocycles. The van der Waals surface area contributed by atoms with Crippen LogP contribution in [0.5, 0.6) is 6.01 Å². The number of nitrogens with one attached hydrogen (secondary N) is 3. The zero-order valence-corrected chi connectivity index (χ0v) is 39.3. The molecule has 4 aliphatic rings. The average molecular weight is 932 g/mol. The Hall–Kier alpha value is -5.36. The molecule has 65 heavy (non-hydrogen) atoms. The molecule has 4 heterocycles. The number of rotatable bonds is 10. The third-order valence-electron chi connectivity index (χ3n) is 12.8. The Balaban J connectivity index is 1.11. The highest BCUT2D eigenvalue weighted by atomic mass is 32.2. The monoisotopic (exact) mass is 931 g/mol. The van der Waals surface area contributed by atoms with Gasteiger partial charge in [0.25, 0.3) is 11.9 Å². The summed E-state index contributed by atoms with van der Waals surface area (Å²) in [5.41, 5.74) is 1.04. The average Bonchev–Trinajstić information content (AvgIpc) is 3.92. The van der Waals surface area contributed by atoms with E-state index >= 15 is 0 Å². The molecule has 0 spiro atoms. The molecule has 0 unspecified atom stereocenters. The van der Waals surface area contributed by atoms with Crippen molar-refractivity contribution in [1.82, 2.24) is 34.8 Å². The summed E-state index contributed by atoms with van der Waals surface area (Å²) in [6.45, 7) is 10.7. The molecule has 15 nitrogen and oxygen atoms in total. The van der Waals surface area contributed by atoms with Crippen molar-refractivity contribution in [3.63, 3.8) is 0 Å². The Morgan fingerprint density at radius 2 is 1.83 bits per heavy atom. The summed E-state index contributed by atoms with van der Waals surface area (Å²) < 4.78 is 56.5. The van der Waals surface area contributed by atoms with Crippen LogP contribution >= 0.6 is 11.3 Å². The van der Waals surface area contributed by atoms with E-state index in [1.165, 1.54) is 22.3 Å². The van der Waals surface area contributed by atoms with E-state index in [0.717, 1.165) is 29.6 Å². The molecule has 2 saturated carbocycles. The number of carbonyl (C=O) groups excluding carboxylic acids is 4. The lowest BCUT2D eigenvalue weighted by Crippen LogP contribution is -2.58. The van der Waals surface area contributed by atoms with Gasteiger partial charge in [-0.15, -0.1) is 11.3 Å². The maximum Gasteiger partial charge on any atom is 0.408 e. The standard InChI is InChI=1S/C47H58FN7O8S2/c1-28(2)55-36-20-14-17-33(40-49-31(27-64-40)23-29-15-12-13-18-34(29)48)38(36)51-43(55)62-32-24-37-39(56)52-47(42(58)53-65(60,61)46(6)21-22-46)25-30(47)16-10-8-7-9-11-19-35(41(57)54(37)26-32)50-44(59)63-45(3,4)5/h10,12-18,20,27-28,30,32,35,37H,7-9,11,19,21-26H2,1-6H3,(H,50,59)(H,52,56)(H,53,58)/t30-,32-,35+,37+,47-/m1/s1. The Morgan fingerprint density at radius 1 is 1.06 bits per heavy atom. The van der Waals surface area contributed by atoms with Crippen LogP contribution in [0.3, 0.4) is 0 Å². The van der Waals surface area contributed by atoms with Crippen LogP contribution < -0.4 is 20.1 Å². The number of alkyl carbamates (subject to hydrolysis) is 1. The summed E-state index contributed by atoms with van der Waals surface area (Å²) in [5.74, 6) is -2.74. The molecule has 2 aliphatic heterocycles. The van der Waals surface area contributed by atoms with Gasteiger partial charge in [-0.25, -0.2) is 22.6 Å². The van der Waals surface area contributed by atoms with Gasteiger partial charge in [0.1, 0.15) is 45.7 Å². The molecule has 18 heteroatoms. The van der Waals surface area contributed by atoms with Gasteiger partial charge >= 0.3 is 6.09 Å². The van der Waals surface area contributed by atoms with E-state index in [2.05, 4.69) is 15.4 Å². The first kappa shape index (κ1) is 46.2. The van der Waals surface area contributed by atoms with Crippen LogP contribution in [-0.4, -0.2) is 92.3 Å². The number of para-hydroxylation sites is 1. The quantitative estimate of drug-likeness (QED) is 0.138. The van der Waals surface area contributed by atoms with Crippen LogP contribution in [0.1, 0.15) is 117 Å². The normalized spacial score (nSPS) is 24.6. The van der Waals surface area contributed by atoms with Gasteiger partial charge < -0.3 is 25.0 Å². The number of carbonyl (C=O) groups is 4. The van der Waals surface area contributed by atoms with E-state index in [4.69, 9.17) is 19.4 Å². The largest absolute Gasteiger partial charge is 0.459 e. The smallest absolute Gasteiger partial charge is 0.408 e. The van der Waals surface area contributed by atoms with Crippen LogP contribution in [0.2, 0.25) is 0 Å². The van der Waals surface area contributed by atoms with Gasteiger partial charge in [-0.3, -0.25) is 23.7 Å². The highest BCUT2D eigenvalue weighted by Crippen LogP contribution is 2.48. The highest BCUT2D eigenvalue weighted by Gasteiger charge is 2.63. The third-order valence-corrected chi connectivity index (χ3v) is 15.8. The second-order valence-corrected chi connectivity index (χ2v) is 22.4. The van der Waals surface area contributed by atoms with Crippen molar-refractivity contribution < 1.29 is 41.5 Å². The van der Waals surface area contributed by atoms with Crippen LogP contribution in [0.4, 0.5) is 9.18 Å². The number of sulfonamides is 1. The number of fused-ring (bicyclic) bond motifs is 3. The fourth-order valence-electron chi connectivity index (χ4n) is 8.74. The first-order valence-corrected chi connectivity index (χ1v) is 24.8. The Kier molecular flexibility index (Phi) is 12.6. The number of hydrogen-bond donors (Lipinski definition) is 3. The first-order valence-electron chi connectivity index (χ1n) is 22.5. The lowest BCUT2D eigenvalue weighted by molar-refractivity contribution is -0.141. The van der Waals surface area contributed by atoms with Gasteiger partial charge in [0.15, 0.2) is 0 Å². The summed E-state index contributed by atoms with van der Waals surface area (Å²) in [5, 5.41) is 8.29. The number of aromatic nitrogens is 3. The molecule has 2 aromatic carbocycles. The molecule has 3 fully saturated rings. The maximum absolute atomic E-state index is 14.8. The van der Waals surface area contributed by atoms with Gasteiger partial charge in [-0.05, 0) is 104 Å². The summed E-state index contributed by atoms with van der Waals surface area (Å²) in [6, 6.07) is 10.3. The number of allylic oxidation sites excluding steroid dienone is 1. The summed E-state index contributed by atoms with van der Waals surface area (Å²) in [7, 11) is -4.03. The van der Waals surface area contributed by atoms with Gasteiger partial charge in [0.2, 0.25) is 21.8 Å². The van der Waals surface area contributed by atoms with Crippen LogP contribution in [0.15, 0.2) is 60.0 Å². The second kappa shape index (κ2) is 17.8. The molecule has 8 rings (SSSR count). The molecule has 348 valence electrons. The number of benzene rings is 2. The maximum atomic E-state index is 14.8. The molecule has 3 N–H and O–H groups in total. The summed E-state index contributed by atoms with van der Waals surface area (Å²) >= 11 is 1.43. The van der Waals surface area contributed by atoms with Gasteiger partial charge in [0, 0.05) is 35.7 Å². The van der Waals surface area contributed by atoms with Gasteiger partial charge in [0.05, 0.1) is 22.5 Å². The number of thiazole rings is 1. The SMILES string of the molecule is CC(C)n1c(O[C@@H]2C[C@H]3C(=O)N[C@]4(C(=O)NS(=O)(=O)C5(C)CC5)C[C@H]4C=CCCCCC[C@H](NC(=O)OC(C)(C)C)C(=O)N3C2)nc2c(-c3nc(Cc4ccccc4F)cs3)cccc21. The molecule has 4 amide bonds. The zero-order valence-electron chi connectivity index (χ0n) is 37.7. The molecule has 0 bridgehead atoms. The predicted octanol–water partition coefficient (Wildman–Crippen LogP) is 7.11. The zero-order chi connectivity index (χ0) is 46.5. The molecule has 1 saturated heterocycles. The van der Waals surface area contributed by atoms with E-state index in [1.54, 1.807) is 45.9 Å². The molecule has 4 aromatic rings. The predicted molar refractivity (Wildman–Crippen MR) is 244 cm³/mol. The van der Waals surface area contributed by atoms with Crippen LogP contribution in [0, 0.1) is 11.7 Å². The topological polar surface area (TPSA) is 191 Å². The first-order chi connectivity index (χ1) is 30.8. The van der Waals surface area contributed by atoms with Gasteiger partial charge in [-0.2, -0.15) is 4.98 Å². The number of nitrogens with zero attached hydrogens (tertiary/aromatic N) is 4. The second-order valence-electron chi connectivity index (χ2n) is 19.3. The Bertz CT molecular complexity index is 2630. The highest BCUT2D eigenvalue weighted by molar-refractivity contribution is 7.91. The minimum absolute atomic E-state index is 0.00531. The minimum atomic E-state index is -4.03. The summed E-state index contributed by atoms with van der Waals surface area (Å²) in [6.07, 6.45) is 6.70. The summed E-state index contributed by atoms with van der Waals surface area (Å²) in [4.78, 5) is 67.9. The number of halogens is 1. The van der Waals surface area contributed by atoms with Gasteiger partial charge in [-0.1, -0.05) is 49.3 Å². The van der Waals surface area contributed by atoms with Crippen LogP contribution in [0.25, 0.3) is 21.6 Å². The van der Waals surface area contributed by atoms with Crippen molar-refractivity contribution >= 4 is 56.2 Å². The number of hydrogen-bond acceptors (Lipinski definition) is 11. The minimum Gasteiger partial charge on any atom is -0.459 e. The van der Waals surface area contributed by atoms with Crippen molar-refractivity contribution in [3.05, 3.63) is 77.1 Å². The van der Waals surface area contributed by atoms with E-state index in [0.29, 0.717) is 48.2 Å². The molecule has 5 atom stereocenters. The Morgan fingerprint density at radius 3 is 2.55 bits per heavy atom. The number of amides is 4. The molecule has 2 aliphatic carbocycles. The van der Waals surface area contributed by atoms with Crippen molar-refractivity contribution in [1.29, 1.82) is 0 Å². The van der Waals surface area contributed by atoms with E-state index in [-0.39, 0.29) is 43.7 Å².